The number of nitrogens with zero attached hydrogens (tertiary/aromatic N) is 1. The first-order valence-electron chi connectivity index (χ1n) is 7.00. The van der Waals surface area contributed by atoms with E-state index in [4.69, 9.17) is 12.2 Å². The standard InChI is InChI=1S/C15H20FN3S/c1-11-4-2-3-5-14(11)18-15(20)19-17-10-12-6-8-13(16)9-7-12/h6-11,14H,2-5H2,1H3,(H2,18,19,20)/b17-10-/t11-,14-/m1/s1. The summed E-state index contributed by atoms with van der Waals surface area (Å²) in [6.07, 6.45) is 6.59. The van der Waals surface area contributed by atoms with Gasteiger partial charge in [0.15, 0.2) is 5.11 Å². The summed E-state index contributed by atoms with van der Waals surface area (Å²) in [5.41, 5.74) is 3.64. The van der Waals surface area contributed by atoms with Gasteiger partial charge in [0.05, 0.1) is 6.21 Å². The molecule has 0 radical (unpaired) electrons. The second-order valence-corrected chi connectivity index (χ2v) is 5.67. The Morgan fingerprint density at radius 2 is 2.00 bits per heavy atom. The number of nitrogens with one attached hydrogen (secondary N) is 2. The van der Waals surface area contributed by atoms with E-state index in [0.717, 1.165) is 12.0 Å². The van der Waals surface area contributed by atoms with Crippen molar-refractivity contribution in [3.8, 4) is 0 Å². The minimum atomic E-state index is -0.251. The summed E-state index contributed by atoms with van der Waals surface area (Å²) in [5.74, 6) is 0.392. The first-order valence-corrected chi connectivity index (χ1v) is 7.41. The van der Waals surface area contributed by atoms with E-state index in [-0.39, 0.29) is 5.82 Å². The maximum atomic E-state index is 12.7. The molecule has 2 atom stereocenters. The van der Waals surface area contributed by atoms with E-state index in [2.05, 4.69) is 22.8 Å². The van der Waals surface area contributed by atoms with Crippen molar-refractivity contribution in [1.82, 2.24) is 10.7 Å². The van der Waals surface area contributed by atoms with Gasteiger partial charge in [0.2, 0.25) is 0 Å². The Morgan fingerprint density at radius 1 is 1.30 bits per heavy atom. The lowest BCUT2D eigenvalue weighted by molar-refractivity contribution is 0.308. The highest BCUT2D eigenvalue weighted by Crippen LogP contribution is 2.23. The zero-order valence-electron chi connectivity index (χ0n) is 11.6. The number of hydrogen-bond acceptors (Lipinski definition) is 2. The smallest absolute Gasteiger partial charge is 0.187 e. The molecule has 0 unspecified atom stereocenters. The molecule has 0 spiro atoms. The van der Waals surface area contributed by atoms with Crippen molar-refractivity contribution in [2.75, 3.05) is 0 Å². The Hall–Kier alpha value is -1.49. The quantitative estimate of drug-likeness (QED) is 0.510. The molecule has 1 aromatic rings. The van der Waals surface area contributed by atoms with Crippen LogP contribution < -0.4 is 10.7 Å². The number of halogens is 1. The first kappa shape index (κ1) is 14.9. The van der Waals surface area contributed by atoms with Crippen molar-refractivity contribution in [3.05, 3.63) is 35.6 Å². The van der Waals surface area contributed by atoms with Gasteiger partial charge >= 0.3 is 0 Å². The fraction of sp³-hybridized carbons (Fsp3) is 0.467. The van der Waals surface area contributed by atoms with Crippen molar-refractivity contribution >= 4 is 23.5 Å². The normalized spacial score (nSPS) is 22.7. The lowest BCUT2D eigenvalue weighted by Gasteiger charge is -2.30. The summed E-state index contributed by atoms with van der Waals surface area (Å²) in [7, 11) is 0. The van der Waals surface area contributed by atoms with Crippen LogP contribution >= 0.6 is 12.2 Å². The second-order valence-electron chi connectivity index (χ2n) is 5.26. The SMILES string of the molecule is C[C@@H]1CCCC[C@H]1NC(=S)N/N=C\c1ccc(F)cc1. The van der Waals surface area contributed by atoms with Crippen LogP contribution in [0.25, 0.3) is 0 Å². The summed E-state index contributed by atoms with van der Waals surface area (Å²) < 4.78 is 12.7. The van der Waals surface area contributed by atoms with E-state index in [1.54, 1.807) is 18.3 Å². The molecule has 0 amide bonds. The molecule has 5 heteroatoms. The molecule has 0 bridgehead atoms. The minimum absolute atomic E-state index is 0.251. The molecule has 1 fully saturated rings. The Morgan fingerprint density at radius 3 is 2.70 bits per heavy atom. The van der Waals surface area contributed by atoms with Gasteiger partial charge in [0, 0.05) is 6.04 Å². The number of benzene rings is 1. The third-order valence-electron chi connectivity index (χ3n) is 3.68. The van der Waals surface area contributed by atoms with E-state index in [0.29, 0.717) is 17.1 Å². The first-order chi connectivity index (χ1) is 9.65. The van der Waals surface area contributed by atoms with E-state index in [1.165, 1.54) is 31.4 Å². The van der Waals surface area contributed by atoms with Crippen molar-refractivity contribution in [2.24, 2.45) is 11.0 Å². The molecular weight excluding hydrogens is 273 g/mol. The number of thiocarbonyl (C=S) groups is 1. The van der Waals surface area contributed by atoms with Gasteiger partial charge in [-0.05, 0) is 48.7 Å². The van der Waals surface area contributed by atoms with Gasteiger partial charge in [-0.25, -0.2) is 4.39 Å². The molecule has 1 aliphatic rings. The zero-order chi connectivity index (χ0) is 14.4. The molecule has 108 valence electrons. The van der Waals surface area contributed by atoms with Gasteiger partial charge < -0.3 is 5.32 Å². The Kier molecular flexibility index (Phi) is 5.47. The van der Waals surface area contributed by atoms with Crippen LogP contribution in [0.4, 0.5) is 4.39 Å². The van der Waals surface area contributed by atoms with Gasteiger partial charge in [-0.1, -0.05) is 31.9 Å². The average Bonchev–Trinajstić information content (AvgIpc) is 2.44. The molecule has 2 N–H and O–H groups in total. The molecule has 20 heavy (non-hydrogen) atoms. The predicted molar refractivity (Wildman–Crippen MR) is 84.3 cm³/mol. The molecule has 0 aromatic heterocycles. The topological polar surface area (TPSA) is 36.4 Å². The van der Waals surface area contributed by atoms with E-state index in [1.807, 2.05) is 0 Å². The molecule has 3 nitrogen and oxygen atoms in total. The van der Waals surface area contributed by atoms with Crippen molar-refractivity contribution in [1.29, 1.82) is 0 Å². The Bertz CT molecular complexity index is 473. The van der Waals surface area contributed by atoms with Crippen LogP contribution in [0.15, 0.2) is 29.4 Å². The molecule has 1 aliphatic carbocycles. The van der Waals surface area contributed by atoms with Crippen molar-refractivity contribution < 1.29 is 4.39 Å². The van der Waals surface area contributed by atoms with E-state index in [9.17, 15) is 4.39 Å². The number of rotatable bonds is 3. The summed E-state index contributed by atoms with van der Waals surface area (Å²) in [4.78, 5) is 0. The molecule has 0 aliphatic heterocycles. The maximum absolute atomic E-state index is 12.7. The van der Waals surface area contributed by atoms with Gasteiger partial charge in [-0.2, -0.15) is 5.10 Å². The largest absolute Gasteiger partial charge is 0.358 e. The lowest BCUT2D eigenvalue weighted by Crippen LogP contribution is -2.44. The minimum Gasteiger partial charge on any atom is -0.358 e. The summed E-state index contributed by atoms with van der Waals surface area (Å²) in [6, 6.07) is 6.58. The summed E-state index contributed by atoms with van der Waals surface area (Å²) in [5, 5.41) is 7.91. The van der Waals surface area contributed by atoms with Crippen LogP contribution in [-0.4, -0.2) is 17.4 Å². The lowest BCUT2D eigenvalue weighted by atomic mass is 9.86. The Labute approximate surface area is 124 Å². The van der Waals surface area contributed by atoms with Gasteiger partial charge in [-0.15, -0.1) is 0 Å². The third-order valence-corrected chi connectivity index (χ3v) is 3.89. The molecule has 1 aromatic carbocycles. The second kappa shape index (κ2) is 7.33. The highest BCUT2D eigenvalue weighted by molar-refractivity contribution is 7.80. The zero-order valence-corrected chi connectivity index (χ0v) is 12.4. The van der Waals surface area contributed by atoms with Crippen LogP contribution in [0.5, 0.6) is 0 Å². The van der Waals surface area contributed by atoms with E-state index < -0.39 is 0 Å². The molecule has 0 saturated heterocycles. The monoisotopic (exact) mass is 293 g/mol. The fourth-order valence-corrected chi connectivity index (χ4v) is 2.65. The number of hydrogen-bond donors (Lipinski definition) is 2. The fourth-order valence-electron chi connectivity index (χ4n) is 2.45. The van der Waals surface area contributed by atoms with Crippen molar-refractivity contribution in [2.45, 2.75) is 38.6 Å². The summed E-state index contributed by atoms with van der Waals surface area (Å²) >= 11 is 5.23. The van der Waals surface area contributed by atoms with Crippen LogP contribution in [0.3, 0.4) is 0 Å². The molecule has 0 heterocycles. The van der Waals surface area contributed by atoms with Gasteiger partial charge in [0.1, 0.15) is 5.82 Å². The maximum Gasteiger partial charge on any atom is 0.187 e. The van der Waals surface area contributed by atoms with Gasteiger partial charge in [0.25, 0.3) is 0 Å². The highest BCUT2D eigenvalue weighted by Gasteiger charge is 2.21. The molecule has 2 rings (SSSR count). The van der Waals surface area contributed by atoms with Crippen molar-refractivity contribution in [3.63, 3.8) is 0 Å². The van der Waals surface area contributed by atoms with Crippen LogP contribution in [0, 0.1) is 11.7 Å². The van der Waals surface area contributed by atoms with Gasteiger partial charge in [-0.3, -0.25) is 5.43 Å². The third kappa shape index (κ3) is 4.56. The summed E-state index contributed by atoms with van der Waals surface area (Å²) in [6.45, 7) is 2.25. The number of hydrazone groups is 1. The Balaban J connectivity index is 1.78. The van der Waals surface area contributed by atoms with Crippen LogP contribution in [0.2, 0.25) is 0 Å². The van der Waals surface area contributed by atoms with Crippen LogP contribution in [0.1, 0.15) is 38.2 Å². The van der Waals surface area contributed by atoms with E-state index >= 15 is 0 Å². The molecule has 1 saturated carbocycles. The molecular formula is C15H20FN3S. The highest BCUT2D eigenvalue weighted by atomic mass is 32.1. The average molecular weight is 293 g/mol. The van der Waals surface area contributed by atoms with Crippen LogP contribution in [-0.2, 0) is 0 Å². The predicted octanol–water partition coefficient (Wildman–Crippen LogP) is 3.20.